The molecule has 0 aromatic carbocycles. The molecule has 2 N–H and O–H groups in total. The first-order valence-electron chi connectivity index (χ1n) is 8.32. The fourth-order valence-corrected chi connectivity index (χ4v) is 7.73. The van der Waals surface area contributed by atoms with Crippen LogP contribution in [0.25, 0.3) is 0 Å². The van der Waals surface area contributed by atoms with Gasteiger partial charge in [0.2, 0.25) is 17.0 Å². The van der Waals surface area contributed by atoms with Crippen molar-refractivity contribution < 1.29 is 19.5 Å². The van der Waals surface area contributed by atoms with E-state index in [0.29, 0.717) is 9.50 Å². The van der Waals surface area contributed by atoms with Gasteiger partial charge in [-0.15, -0.1) is 27.1 Å². The van der Waals surface area contributed by atoms with E-state index in [1.54, 1.807) is 19.5 Å². The van der Waals surface area contributed by atoms with Gasteiger partial charge in [0.1, 0.15) is 26.7 Å². The Hall–Kier alpha value is -2.17. The van der Waals surface area contributed by atoms with Gasteiger partial charge in [0.15, 0.2) is 4.34 Å². The zero-order valence-corrected chi connectivity index (χ0v) is 18.9. The molecule has 2 aliphatic rings. The highest BCUT2D eigenvalue weighted by Crippen LogP contribution is 2.56. The molecule has 2 aromatic rings. The predicted octanol–water partition coefficient (Wildman–Crippen LogP) is 0.378. The van der Waals surface area contributed by atoms with Gasteiger partial charge in [-0.3, -0.25) is 14.5 Å². The average Bonchev–Trinajstić information content (AvgIpc) is 3.32. The second kappa shape index (κ2) is 7.82. The van der Waals surface area contributed by atoms with Gasteiger partial charge >= 0.3 is 5.97 Å². The number of hydrogen-bond acceptors (Lipinski definition) is 12. The number of carboxylic acids is 1. The molecule has 4 rings (SSSR count). The maximum atomic E-state index is 12.9. The van der Waals surface area contributed by atoms with Crippen LogP contribution in [-0.4, -0.2) is 73.7 Å². The lowest BCUT2D eigenvalue weighted by Crippen LogP contribution is -2.67. The highest BCUT2D eigenvalue weighted by molar-refractivity contribution is 8.08. The number of aryl methyl sites for hydroxylation is 1. The fourth-order valence-electron chi connectivity index (χ4n) is 3.02. The molecular weight excluding hydrogens is 472 g/mol. The third kappa shape index (κ3) is 3.57. The number of nitrogens with one attached hydrogen (secondary N) is 1. The molecular formula is C14H14N8O4S4. The van der Waals surface area contributed by atoms with E-state index in [-0.39, 0.29) is 22.4 Å². The lowest BCUT2D eigenvalue weighted by molar-refractivity contribution is -0.145. The third-order valence-corrected chi connectivity index (χ3v) is 9.39. The van der Waals surface area contributed by atoms with E-state index < -0.39 is 21.5 Å². The van der Waals surface area contributed by atoms with E-state index in [4.69, 9.17) is 0 Å². The normalized spacial score (nSPS) is 25.7. The minimum absolute atomic E-state index is 0.192. The van der Waals surface area contributed by atoms with Gasteiger partial charge in [-0.2, -0.15) is 0 Å². The minimum atomic E-state index is -1.28. The molecule has 1 fully saturated rings. The number of thioether (sulfide) groups is 3. The number of β-lactam (4-membered cyclic amide) rings is 1. The van der Waals surface area contributed by atoms with Gasteiger partial charge in [0.25, 0.3) is 0 Å². The molecule has 0 bridgehead atoms. The first kappa shape index (κ1) is 21.1. The lowest BCUT2D eigenvalue weighted by Gasteiger charge is -2.53. The Bertz CT molecular complexity index is 1060. The molecule has 4 heterocycles. The minimum Gasteiger partial charge on any atom is -0.477 e. The Labute approximate surface area is 186 Å². The number of nitrogens with zero attached hydrogens (tertiary/aromatic N) is 7. The van der Waals surface area contributed by atoms with Gasteiger partial charge in [0.05, 0.1) is 4.91 Å². The van der Waals surface area contributed by atoms with Crippen LogP contribution in [0.3, 0.4) is 0 Å². The zero-order chi connectivity index (χ0) is 21.6. The molecule has 1 saturated heterocycles. The summed E-state index contributed by atoms with van der Waals surface area (Å²) in [5.74, 6) is -1.96. The topological polar surface area (TPSA) is 156 Å². The standard InChI is InChI=1S/C14H14N8O4S4/c1-5(23)16-14(2)8(29-12-17-19-20-21(12)3)6(11(25)26)22-9(24)7(10(22)30-14)28-13-18-15-4-27-13/h4,7,10H,1-3H3,(H,16,23)(H,25,26)/t7?,10-,14?/m1/s1. The summed E-state index contributed by atoms with van der Waals surface area (Å²) in [5.41, 5.74) is 1.37. The number of tetrazole rings is 1. The van der Waals surface area contributed by atoms with Gasteiger partial charge < -0.3 is 10.4 Å². The van der Waals surface area contributed by atoms with Gasteiger partial charge in [-0.1, -0.05) is 23.1 Å². The molecule has 16 heteroatoms. The molecule has 2 aliphatic heterocycles. The highest BCUT2D eigenvalue weighted by Gasteiger charge is 2.60. The van der Waals surface area contributed by atoms with Crippen molar-refractivity contribution in [2.45, 2.75) is 38.8 Å². The fraction of sp³-hybridized carbons (Fsp3) is 0.429. The molecule has 0 spiro atoms. The summed E-state index contributed by atoms with van der Waals surface area (Å²) < 4.78 is 2.00. The van der Waals surface area contributed by atoms with Gasteiger partial charge in [-0.25, -0.2) is 9.48 Å². The molecule has 12 nitrogen and oxygen atoms in total. The smallest absolute Gasteiger partial charge is 0.353 e. The Morgan fingerprint density at radius 2 is 2.13 bits per heavy atom. The largest absolute Gasteiger partial charge is 0.477 e. The monoisotopic (exact) mass is 486 g/mol. The van der Waals surface area contributed by atoms with E-state index in [0.717, 1.165) is 11.8 Å². The van der Waals surface area contributed by atoms with E-state index in [2.05, 4.69) is 31.0 Å². The molecule has 158 valence electrons. The molecule has 0 saturated carbocycles. The summed E-state index contributed by atoms with van der Waals surface area (Å²) in [7, 11) is 1.61. The summed E-state index contributed by atoms with van der Waals surface area (Å²) in [4.78, 5) is 37.5. The van der Waals surface area contributed by atoms with Crippen LogP contribution in [0.4, 0.5) is 0 Å². The number of carbonyl (C=O) groups excluding carboxylic acids is 2. The zero-order valence-electron chi connectivity index (χ0n) is 15.7. The van der Waals surface area contributed by atoms with Crippen LogP contribution in [0.5, 0.6) is 0 Å². The Morgan fingerprint density at radius 3 is 2.70 bits per heavy atom. The number of carbonyl (C=O) groups is 3. The molecule has 0 aliphatic carbocycles. The SMILES string of the molecule is CC(=O)NC1(C)S[C@@H]2C(Sc3nncs3)C(=O)N2C(C(=O)O)=C1Sc1nnnn1C. The van der Waals surface area contributed by atoms with E-state index in [1.165, 1.54) is 51.4 Å². The second-order valence-corrected chi connectivity index (χ2v) is 11.1. The van der Waals surface area contributed by atoms with Crippen molar-refractivity contribution in [3.63, 3.8) is 0 Å². The number of aliphatic carboxylic acids is 1. The van der Waals surface area contributed by atoms with Crippen LogP contribution >= 0.6 is 46.6 Å². The number of aromatic nitrogens is 6. The molecule has 2 unspecified atom stereocenters. The van der Waals surface area contributed by atoms with Gasteiger partial charge in [0, 0.05) is 14.0 Å². The van der Waals surface area contributed by atoms with Crippen molar-refractivity contribution in [3.05, 3.63) is 16.1 Å². The van der Waals surface area contributed by atoms with E-state index in [1.807, 2.05) is 0 Å². The molecule has 2 amide bonds. The molecule has 2 aromatic heterocycles. The number of rotatable bonds is 6. The Balaban J connectivity index is 1.77. The summed E-state index contributed by atoms with van der Waals surface area (Å²) in [6.45, 7) is 3.06. The molecule has 30 heavy (non-hydrogen) atoms. The van der Waals surface area contributed by atoms with Crippen LogP contribution in [-0.2, 0) is 21.4 Å². The van der Waals surface area contributed by atoms with Crippen molar-refractivity contribution in [2.24, 2.45) is 7.05 Å². The summed E-state index contributed by atoms with van der Waals surface area (Å²) in [5, 5.41) is 31.0. The summed E-state index contributed by atoms with van der Waals surface area (Å²) >= 11 is 4.82. The Morgan fingerprint density at radius 1 is 1.37 bits per heavy atom. The van der Waals surface area contributed by atoms with Crippen molar-refractivity contribution >= 4 is 64.4 Å². The van der Waals surface area contributed by atoms with Crippen LogP contribution in [0.15, 0.2) is 25.6 Å². The highest BCUT2D eigenvalue weighted by atomic mass is 32.2. The number of hydrogen-bond donors (Lipinski definition) is 2. The lowest BCUT2D eigenvalue weighted by atomic mass is 10.1. The quantitative estimate of drug-likeness (QED) is 0.542. The first-order chi connectivity index (χ1) is 14.2. The number of fused-ring (bicyclic) bond motifs is 1. The van der Waals surface area contributed by atoms with Crippen molar-refractivity contribution in [3.8, 4) is 0 Å². The van der Waals surface area contributed by atoms with Crippen molar-refractivity contribution in [2.75, 3.05) is 0 Å². The van der Waals surface area contributed by atoms with E-state index >= 15 is 0 Å². The number of amides is 2. The van der Waals surface area contributed by atoms with Crippen molar-refractivity contribution in [1.82, 2.24) is 40.6 Å². The predicted molar refractivity (Wildman–Crippen MR) is 109 cm³/mol. The average molecular weight is 487 g/mol. The summed E-state index contributed by atoms with van der Waals surface area (Å²) in [6, 6.07) is 0. The third-order valence-electron chi connectivity index (χ3n) is 4.20. The maximum absolute atomic E-state index is 12.9. The number of carboxylic acid groups (broad SMARTS) is 1. The Kier molecular flexibility index (Phi) is 5.50. The second-order valence-electron chi connectivity index (χ2n) is 6.34. The van der Waals surface area contributed by atoms with Crippen molar-refractivity contribution in [1.29, 1.82) is 0 Å². The van der Waals surface area contributed by atoms with Gasteiger partial charge in [-0.05, 0) is 29.1 Å². The van der Waals surface area contributed by atoms with Crippen LogP contribution in [0.1, 0.15) is 13.8 Å². The van der Waals surface area contributed by atoms with Crippen LogP contribution < -0.4 is 5.32 Å². The molecule has 0 radical (unpaired) electrons. The van der Waals surface area contributed by atoms with Crippen LogP contribution in [0.2, 0.25) is 0 Å². The van der Waals surface area contributed by atoms with E-state index in [9.17, 15) is 19.5 Å². The first-order valence-corrected chi connectivity index (χ1v) is 11.8. The maximum Gasteiger partial charge on any atom is 0.353 e. The van der Waals surface area contributed by atoms with Crippen LogP contribution in [0, 0.1) is 0 Å². The summed E-state index contributed by atoms with van der Waals surface area (Å²) in [6.07, 6.45) is 0. The molecule has 3 atom stereocenters.